The van der Waals surface area contributed by atoms with Crippen molar-refractivity contribution >= 4 is 11.3 Å². The van der Waals surface area contributed by atoms with Crippen molar-refractivity contribution in [3.05, 3.63) is 56.8 Å². The number of nitrogens with zero attached hydrogens (tertiary/aromatic N) is 1. The molecule has 2 nitrogen and oxygen atoms in total. The summed E-state index contributed by atoms with van der Waals surface area (Å²) in [4.78, 5) is 4.20. The van der Waals surface area contributed by atoms with E-state index in [9.17, 15) is 0 Å². The Morgan fingerprint density at radius 3 is 3.10 bits per heavy atom. The van der Waals surface area contributed by atoms with E-state index in [1.54, 1.807) is 10.4 Å². The fraction of sp³-hybridized carbons (Fsp3) is 0.412. The van der Waals surface area contributed by atoms with Crippen LogP contribution >= 0.6 is 11.3 Å². The molecule has 1 aromatic heterocycles. The standard InChI is InChI=1S/C17H20N2S/c1-12-16-5-7-20-17(16)4-6-19(12)11-13-2-3-14-9-18-10-15(14)8-13/h2-3,5,7-8,12,18H,4,6,9-11H2,1H3. The number of hydrogen-bond donors (Lipinski definition) is 1. The highest BCUT2D eigenvalue weighted by Gasteiger charge is 2.24. The third-order valence-electron chi connectivity index (χ3n) is 4.69. The normalized spacial score (nSPS) is 21.8. The summed E-state index contributed by atoms with van der Waals surface area (Å²) in [6.45, 7) is 6.68. The minimum Gasteiger partial charge on any atom is -0.309 e. The first-order chi connectivity index (χ1) is 9.81. The first-order valence-corrected chi connectivity index (χ1v) is 8.31. The highest BCUT2D eigenvalue weighted by Crippen LogP contribution is 2.33. The molecule has 2 aromatic rings. The van der Waals surface area contributed by atoms with Gasteiger partial charge in [0.15, 0.2) is 0 Å². The lowest BCUT2D eigenvalue weighted by molar-refractivity contribution is 0.191. The number of nitrogens with one attached hydrogen (secondary N) is 1. The molecule has 0 saturated heterocycles. The molecule has 0 amide bonds. The maximum atomic E-state index is 3.42. The lowest BCUT2D eigenvalue weighted by atomic mass is 10.00. The van der Waals surface area contributed by atoms with Crippen LogP contribution in [-0.2, 0) is 26.1 Å². The summed E-state index contributed by atoms with van der Waals surface area (Å²) in [5.41, 5.74) is 5.96. The summed E-state index contributed by atoms with van der Waals surface area (Å²) in [7, 11) is 0. The van der Waals surface area contributed by atoms with E-state index >= 15 is 0 Å². The fourth-order valence-electron chi connectivity index (χ4n) is 3.46. The maximum absolute atomic E-state index is 3.42. The molecule has 104 valence electrons. The van der Waals surface area contributed by atoms with Gasteiger partial charge >= 0.3 is 0 Å². The Labute approximate surface area is 124 Å². The molecule has 2 aliphatic rings. The van der Waals surface area contributed by atoms with Crippen LogP contribution in [0, 0.1) is 0 Å². The van der Waals surface area contributed by atoms with Gasteiger partial charge in [0.1, 0.15) is 0 Å². The van der Waals surface area contributed by atoms with Gasteiger partial charge in [-0.15, -0.1) is 11.3 Å². The summed E-state index contributed by atoms with van der Waals surface area (Å²) in [6.07, 6.45) is 1.21. The van der Waals surface area contributed by atoms with Gasteiger partial charge in [0, 0.05) is 37.1 Å². The van der Waals surface area contributed by atoms with Gasteiger partial charge in [0.25, 0.3) is 0 Å². The highest BCUT2D eigenvalue weighted by molar-refractivity contribution is 7.10. The molecule has 2 aliphatic heterocycles. The summed E-state index contributed by atoms with van der Waals surface area (Å²) < 4.78 is 0. The fourth-order valence-corrected chi connectivity index (χ4v) is 4.42. The van der Waals surface area contributed by atoms with Gasteiger partial charge in [-0.1, -0.05) is 18.2 Å². The predicted molar refractivity (Wildman–Crippen MR) is 83.8 cm³/mol. The molecular formula is C17H20N2S. The van der Waals surface area contributed by atoms with Gasteiger partial charge in [0.2, 0.25) is 0 Å². The van der Waals surface area contributed by atoms with Crippen LogP contribution in [0.15, 0.2) is 29.6 Å². The molecule has 1 aromatic carbocycles. The summed E-state index contributed by atoms with van der Waals surface area (Å²) in [5.74, 6) is 0. The van der Waals surface area contributed by atoms with E-state index in [2.05, 4.69) is 46.8 Å². The quantitative estimate of drug-likeness (QED) is 0.908. The van der Waals surface area contributed by atoms with Gasteiger partial charge < -0.3 is 5.32 Å². The van der Waals surface area contributed by atoms with Crippen LogP contribution < -0.4 is 5.32 Å². The Balaban J connectivity index is 1.55. The van der Waals surface area contributed by atoms with E-state index in [4.69, 9.17) is 0 Å². The van der Waals surface area contributed by atoms with Crippen LogP contribution in [-0.4, -0.2) is 11.4 Å². The van der Waals surface area contributed by atoms with Crippen LogP contribution in [0.3, 0.4) is 0 Å². The molecule has 0 saturated carbocycles. The molecule has 0 aliphatic carbocycles. The van der Waals surface area contributed by atoms with Crippen molar-refractivity contribution < 1.29 is 0 Å². The van der Waals surface area contributed by atoms with Gasteiger partial charge in [0.05, 0.1) is 0 Å². The molecule has 20 heavy (non-hydrogen) atoms. The van der Waals surface area contributed by atoms with Crippen molar-refractivity contribution in [2.45, 2.75) is 39.0 Å². The molecule has 0 bridgehead atoms. The molecule has 1 atom stereocenters. The Morgan fingerprint density at radius 1 is 1.25 bits per heavy atom. The second-order valence-corrected chi connectivity index (χ2v) is 6.90. The van der Waals surface area contributed by atoms with E-state index in [-0.39, 0.29) is 0 Å². The summed E-state index contributed by atoms with van der Waals surface area (Å²) in [5, 5.41) is 5.67. The minimum absolute atomic E-state index is 0.552. The smallest absolute Gasteiger partial charge is 0.0334 e. The Bertz CT molecular complexity index is 632. The van der Waals surface area contributed by atoms with Crippen molar-refractivity contribution in [1.29, 1.82) is 0 Å². The number of thiophene rings is 1. The zero-order valence-corrected chi connectivity index (χ0v) is 12.7. The first-order valence-electron chi connectivity index (χ1n) is 7.43. The topological polar surface area (TPSA) is 15.3 Å². The molecule has 0 radical (unpaired) electrons. The number of rotatable bonds is 2. The summed E-state index contributed by atoms with van der Waals surface area (Å²) >= 11 is 1.92. The highest BCUT2D eigenvalue weighted by atomic mass is 32.1. The number of benzene rings is 1. The van der Waals surface area contributed by atoms with Gasteiger partial charge in [-0.3, -0.25) is 4.90 Å². The lowest BCUT2D eigenvalue weighted by Crippen LogP contribution is -2.32. The second-order valence-electron chi connectivity index (χ2n) is 5.90. The largest absolute Gasteiger partial charge is 0.309 e. The van der Waals surface area contributed by atoms with Gasteiger partial charge in [-0.2, -0.15) is 0 Å². The Hall–Kier alpha value is -1.16. The molecule has 1 N–H and O–H groups in total. The van der Waals surface area contributed by atoms with Crippen LogP contribution in [0.5, 0.6) is 0 Å². The molecule has 3 heteroatoms. The number of hydrogen-bond acceptors (Lipinski definition) is 3. The van der Waals surface area contributed by atoms with Crippen molar-refractivity contribution in [3.63, 3.8) is 0 Å². The molecule has 0 fully saturated rings. The van der Waals surface area contributed by atoms with Crippen LogP contribution in [0.2, 0.25) is 0 Å². The van der Waals surface area contributed by atoms with Crippen LogP contribution in [0.25, 0.3) is 0 Å². The molecule has 3 heterocycles. The van der Waals surface area contributed by atoms with Crippen molar-refractivity contribution in [1.82, 2.24) is 10.2 Å². The monoisotopic (exact) mass is 284 g/mol. The van der Waals surface area contributed by atoms with Gasteiger partial charge in [-0.25, -0.2) is 0 Å². The molecule has 1 unspecified atom stereocenters. The third-order valence-corrected chi connectivity index (χ3v) is 5.69. The van der Waals surface area contributed by atoms with Crippen molar-refractivity contribution in [2.75, 3.05) is 6.54 Å². The van der Waals surface area contributed by atoms with Crippen LogP contribution in [0.1, 0.15) is 40.1 Å². The SMILES string of the molecule is CC1c2ccsc2CCN1Cc1ccc2c(c1)CNC2. The molecule has 4 rings (SSSR count). The third kappa shape index (κ3) is 2.10. The minimum atomic E-state index is 0.552. The first kappa shape index (κ1) is 12.6. The van der Waals surface area contributed by atoms with Crippen molar-refractivity contribution in [2.24, 2.45) is 0 Å². The van der Waals surface area contributed by atoms with Crippen molar-refractivity contribution in [3.8, 4) is 0 Å². The van der Waals surface area contributed by atoms with Gasteiger partial charge in [-0.05, 0) is 47.0 Å². The van der Waals surface area contributed by atoms with Crippen LogP contribution in [0.4, 0.5) is 0 Å². The average Bonchev–Trinajstić information content (AvgIpc) is 3.10. The maximum Gasteiger partial charge on any atom is 0.0334 e. The van der Waals surface area contributed by atoms with E-state index in [1.165, 1.54) is 29.7 Å². The molecular weight excluding hydrogens is 264 g/mol. The zero-order chi connectivity index (χ0) is 13.5. The second kappa shape index (κ2) is 4.99. The predicted octanol–water partition coefficient (Wildman–Crippen LogP) is 3.47. The van der Waals surface area contributed by atoms with E-state index in [1.807, 2.05) is 11.3 Å². The Morgan fingerprint density at radius 2 is 2.15 bits per heavy atom. The molecule has 0 spiro atoms. The number of fused-ring (bicyclic) bond motifs is 2. The average molecular weight is 284 g/mol. The van der Waals surface area contributed by atoms with E-state index in [0.717, 1.165) is 19.6 Å². The van der Waals surface area contributed by atoms with E-state index < -0.39 is 0 Å². The summed E-state index contributed by atoms with van der Waals surface area (Å²) in [6, 6.07) is 9.86. The zero-order valence-electron chi connectivity index (χ0n) is 11.9. The Kier molecular flexibility index (Phi) is 3.14. The lowest BCUT2D eigenvalue weighted by Gasteiger charge is -2.33. The van der Waals surface area contributed by atoms with E-state index in [0.29, 0.717) is 6.04 Å².